The summed E-state index contributed by atoms with van der Waals surface area (Å²) in [6.45, 7) is 2.26. The molecule has 0 amide bonds. The summed E-state index contributed by atoms with van der Waals surface area (Å²) in [6, 6.07) is 21.7. The first-order valence-corrected chi connectivity index (χ1v) is 15.2. The van der Waals surface area contributed by atoms with Gasteiger partial charge in [0.1, 0.15) is 39.6 Å². The monoisotopic (exact) mass is 595 g/mol. The van der Waals surface area contributed by atoms with Crippen LogP contribution in [0.2, 0.25) is 0 Å². The molecule has 3 aliphatic heterocycles. The first-order chi connectivity index (χ1) is 20.4. The Labute approximate surface area is 239 Å². The standard InChI is InChI=1S/C31H25F3NO6P/c32-31(33,34)20-3-1-4-21(17-20)35-42(22-7-9-24-27(18-22)39-13-11-36-24,23-8-10-25-28(19-23)40-14-12-37-25)29-6-2-5-26-30(29)41-16-15-38-26/h1-10,17-19H,11-16H2. The zero-order valence-corrected chi connectivity index (χ0v) is 23.1. The number of rotatable bonds is 4. The minimum atomic E-state index is -4.54. The topological polar surface area (TPSA) is 67.7 Å². The van der Waals surface area contributed by atoms with Crippen LogP contribution in [0.25, 0.3) is 0 Å². The van der Waals surface area contributed by atoms with Crippen molar-refractivity contribution in [3.05, 3.63) is 84.4 Å². The van der Waals surface area contributed by atoms with Crippen LogP contribution in [-0.2, 0) is 6.18 Å². The van der Waals surface area contributed by atoms with Crippen molar-refractivity contribution in [1.82, 2.24) is 0 Å². The summed E-state index contributed by atoms with van der Waals surface area (Å²) in [7, 11) is -3.22. The number of alkyl halides is 3. The maximum Gasteiger partial charge on any atom is 0.416 e. The van der Waals surface area contributed by atoms with E-state index in [4.69, 9.17) is 33.2 Å². The van der Waals surface area contributed by atoms with Crippen molar-refractivity contribution < 1.29 is 41.6 Å². The normalized spacial score (nSPS) is 15.6. The Bertz CT molecular complexity index is 1660. The third-order valence-electron chi connectivity index (χ3n) is 7.13. The Kier molecular flexibility index (Phi) is 6.66. The molecule has 7 nitrogen and oxygen atoms in total. The Morgan fingerprint density at radius 3 is 1.71 bits per heavy atom. The lowest BCUT2D eigenvalue weighted by atomic mass is 10.2. The third kappa shape index (κ3) is 4.69. The van der Waals surface area contributed by atoms with E-state index in [0.717, 1.165) is 22.7 Å². The van der Waals surface area contributed by atoms with E-state index in [9.17, 15) is 13.2 Å². The quantitative estimate of drug-likeness (QED) is 0.277. The van der Waals surface area contributed by atoms with Crippen molar-refractivity contribution in [2.24, 2.45) is 4.74 Å². The van der Waals surface area contributed by atoms with Crippen LogP contribution in [0, 0.1) is 0 Å². The second kappa shape index (κ2) is 10.5. The number of hydrogen-bond donors (Lipinski definition) is 0. The van der Waals surface area contributed by atoms with Gasteiger partial charge in [0.2, 0.25) is 0 Å². The maximum absolute atomic E-state index is 13.8. The molecular formula is C31H25F3NO6P. The summed E-state index contributed by atoms with van der Waals surface area (Å²) in [5, 5.41) is 2.14. The number of nitrogens with zero attached hydrogens (tertiary/aromatic N) is 1. The molecule has 0 N–H and O–H groups in total. The van der Waals surface area contributed by atoms with Crippen LogP contribution in [0.1, 0.15) is 5.56 Å². The minimum Gasteiger partial charge on any atom is -0.486 e. The minimum absolute atomic E-state index is 0.164. The highest BCUT2D eigenvalue weighted by Crippen LogP contribution is 2.55. The second-order valence-corrected chi connectivity index (χ2v) is 12.7. The van der Waals surface area contributed by atoms with E-state index in [1.807, 2.05) is 54.6 Å². The van der Waals surface area contributed by atoms with Crippen molar-refractivity contribution in [1.29, 1.82) is 0 Å². The van der Waals surface area contributed by atoms with E-state index in [1.165, 1.54) is 6.07 Å². The zero-order chi connectivity index (χ0) is 28.7. The predicted octanol–water partition coefficient (Wildman–Crippen LogP) is 5.83. The summed E-state index contributed by atoms with van der Waals surface area (Å²) in [4.78, 5) is 0. The molecule has 0 atom stereocenters. The molecule has 0 spiro atoms. The molecule has 42 heavy (non-hydrogen) atoms. The molecule has 0 bridgehead atoms. The maximum atomic E-state index is 13.8. The molecule has 3 heterocycles. The molecule has 216 valence electrons. The van der Waals surface area contributed by atoms with E-state index >= 15 is 0 Å². The predicted molar refractivity (Wildman–Crippen MR) is 152 cm³/mol. The summed E-state index contributed by atoms with van der Waals surface area (Å²) >= 11 is 0. The lowest BCUT2D eigenvalue weighted by Gasteiger charge is -2.32. The molecule has 7 rings (SSSR count). The molecule has 0 aromatic heterocycles. The Balaban J connectivity index is 1.59. The van der Waals surface area contributed by atoms with Gasteiger partial charge >= 0.3 is 6.18 Å². The van der Waals surface area contributed by atoms with E-state index in [0.29, 0.717) is 79.4 Å². The van der Waals surface area contributed by atoms with Crippen LogP contribution in [0.5, 0.6) is 34.5 Å². The van der Waals surface area contributed by atoms with E-state index < -0.39 is 18.8 Å². The molecule has 0 aliphatic carbocycles. The van der Waals surface area contributed by atoms with Crippen LogP contribution in [-0.4, -0.2) is 39.6 Å². The van der Waals surface area contributed by atoms with Gasteiger partial charge in [-0.1, -0.05) is 12.1 Å². The van der Waals surface area contributed by atoms with Crippen LogP contribution in [0.3, 0.4) is 0 Å². The van der Waals surface area contributed by atoms with Crippen LogP contribution in [0.4, 0.5) is 18.9 Å². The van der Waals surface area contributed by atoms with Crippen molar-refractivity contribution in [3.8, 4) is 34.5 Å². The average molecular weight is 596 g/mol. The van der Waals surface area contributed by atoms with Gasteiger partial charge in [-0.15, -0.1) is 0 Å². The van der Waals surface area contributed by atoms with Crippen molar-refractivity contribution in [3.63, 3.8) is 0 Å². The fourth-order valence-electron chi connectivity index (χ4n) is 5.29. The van der Waals surface area contributed by atoms with Crippen molar-refractivity contribution >= 4 is 28.7 Å². The zero-order valence-electron chi connectivity index (χ0n) is 22.2. The molecule has 0 radical (unpaired) electrons. The molecule has 0 unspecified atom stereocenters. The summed E-state index contributed by atoms with van der Waals surface area (Å²) in [6.07, 6.45) is -4.54. The van der Waals surface area contributed by atoms with E-state index in [1.54, 1.807) is 6.07 Å². The Morgan fingerprint density at radius 2 is 1.10 bits per heavy atom. The van der Waals surface area contributed by atoms with Gasteiger partial charge in [0.25, 0.3) is 0 Å². The van der Waals surface area contributed by atoms with Crippen molar-refractivity contribution in [2.45, 2.75) is 6.18 Å². The number of ether oxygens (including phenoxy) is 6. The van der Waals surface area contributed by atoms with Gasteiger partial charge in [-0.3, -0.25) is 4.74 Å². The van der Waals surface area contributed by atoms with Crippen molar-refractivity contribution in [2.75, 3.05) is 39.6 Å². The van der Waals surface area contributed by atoms with Crippen LogP contribution in [0.15, 0.2) is 83.6 Å². The highest BCUT2D eigenvalue weighted by Gasteiger charge is 2.36. The molecular weight excluding hydrogens is 570 g/mol. The van der Waals surface area contributed by atoms with Crippen LogP contribution >= 0.6 is 7.05 Å². The molecule has 11 heteroatoms. The number of hydrogen-bond acceptors (Lipinski definition) is 7. The van der Waals surface area contributed by atoms with Gasteiger partial charge in [0.15, 0.2) is 34.5 Å². The summed E-state index contributed by atoms with van der Waals surface area (Å²) in [5.41, 5.74) is -0.627. The molecule has 0 saturated heterocycles. The summed E-state index contributed by atoms with van der Waals surface area (Å²) in [5.74, 6) is 3.26. The number of para-hydroxylation sites is 1. The number of halogens is 3. The van der Waals surface area contributed by atoms with E-state index in [-0.39, 0.29) is 5.69 Å². The highest BCUT2D eigenvalue weighted by atomic mass is 31.2. The first kappa shape index (κ1) is 26.6. The molecule has 0 saturated carbocycles. The van der Waals surface area contributed by atoms with Gasteiger partial charge in [-0.25, -0.2) is 0 Å². The Morgan fingerprint density at radius 1 is 0.548 bits per heavy atom. The fourth-order valence-corrected chi connectivity index (χ4v) is 8.92. The molecule has 4 aromatic rings. The van der Waals surface area contributed by atoms with Gasteiger partial charge in [0.05, 0.1) is 18.3 Å². The molecule has 4 aromatic carbocycles. The highest BCUT2D eigenvalue weighted by molar-refractivity contribution is 7.87. The summed E-state index contributed by atoms with van der Waals surface area (Å²) < 4.78 is 82.4. The average Bonchev–Trinajstić information content (AvgIpc) is 3.03. The van der Waals surface area contributed by atoms with Gasteiger partial charge < -0.3 is 28.4 Å². The third-order valence-corrected chi connectivity index (χ3v) is 10.8. The number of fused-ring (bicyclic) bond motifs is 3. The van der Waals surface area contributed by atoms with Crippen LogP contribution < -0.4 is 44.3 Å². The lowest BCUT2D eigenvalue weighted by Crippen LogP contribution is -2.30. The smallest absolute Gasteiger partial charge is 0.416 e. The van der Waals surface area contributed by atoms with Gasteiger partial charge in [0, 0.05) is 15.9 Å². The first-order valence-electron chi connectivity index (χ1n) is 13.4. The molecule has 3 aliphatic rings. The SMILES string of the molecule is FC(F)(F)c1cccc(N=P(c2ccc3c(c2)OCCO3)(c2ccc3c(c2)OCCO3)c2cccc3c2OCCO3)c1. The lowest BCUT2D eigenvalue weighted by molar-refractivity contribution is -0.137. The fraction of sp³-hybridized carbons (Fsp3) is 0.226. The van der Waals surface area contributed by atoms with Gasteiger partial charge in [-0.2, -0.15) is 13.2 Å². The number of benzene rings is 4. The Hall–Kier alpha value is -4.30. The van der Waals surface area contributed by atoms with Gasteiger partial charge in [-0.05, 0) is 66.7 Å². The van der Waals surface area contributed by atoms with E-state index in [2.05, 4.69) is 0 Å². The second-order valence-electron chi connectivity index (χ2n) is 9.74. The molecule has 0 fully saturated rings. The largest absolute Gasteiger partial charge is 0.486 e.